The van der Waals surface area contributed by atoms with Gasteiger partial charge in [-0.15, -0.1) is 0 Å². The summed E-state index contributed by atoms with van der Waals surface area (Å²) in [5, 5.41) is 23.4. The molecule has 56 heavy (non-hydrogen) atoms. The first-order valence-electron chi connectivity index (χ1n) is 18.9. The summed E-state index contributed by atoms with van der Waals surface area (Å²) in [6, 6.07) is 60.6. The number of hydrogen-bond donors (Lipinski definition) is 2. The van der Waals surface area contributed by atoms with Crippen molar-refractivity contribution in [2.75, 3.05) is 13.2 Å². The molecule has 0 heterocycles. The molecule has 8 rings (SSSR count). The van der Waals surface area contributed by atoms with Gasteiger partial charge in [0, 0.05) is 33.4 Å². The molecule has 4 heteroatoms. The van der Waals surface area contributed by atoms with Gasteiger partial charge in [-0.05, 0) is 94.8 Å². The molecule has 0 amide bonds. The van der Waals surface area contributed by atoms with Crippen LogP contribution in [0.3, 0.4) is 0 Å². The van der Waals surface area contributed by atoms with Gasteiger partial charge >= 0.3 is 0 Å². The molecule has 2 N–H and O–H groups in total. The van der Waals surface area contributed by atoms with Crippen molar-refractivity contribution >= 4 is 0 Å². The van der Waals surface area contributed by atoms with Gasteiger partial charge in [-0.3, -0.25) is 0 Å². The molecule has 0 bridgehead atoms. The van der Waals surface area contributed by atoms with Gasteiger partial charge in [-0.2, -0.15) is 0 Å². The second-order valence-corrected chi connectivity index (χ2v) is 14.0. The molecule has 0 atom stereocenters. The summed E-state index contributed by atoms with van der Waals surface area (Å²) in [5.41, 5.74) is 13.0. The fourth-order valence-electron chi connectivity index (χ4n) is 7.29. The summed E-state index contributed by atoms with van der Waals surface area (Å²) in [4.78, 5) is 0. The molecular formula is C52H42O4. The maximum atomic E-state index is 11.7. The van der Waals surface area contributed by atoms with Crippen molar-refractivity contribution in [2.45, 2.75) is 13.8 Å². The Morgan fingerprint density at radius 1 is 0.321 bits per heavy atom. The van der Waals surface area contributed by atoms with Crippen LogP contribution in [0.5, 0.6) is 23.0 Å². The standard InChI is InChI=1S/C52H42O4/c1-35-31-45(41-25-21-39(22-26-41)37-13-5-3-6-14-37)51(53)47(33-35)43-17-9-11-19-49(43)55-29-30-56-50-20-12-10-18-44(50)48-34-36(2)32-46(52(48)54)42-27-23-40(24-28-42)38-15-7-4-8-16-38/h3-28,31-34,53-54H,29-30H2,1-2H3. The van der Waals surface area contributed by atoms with Crippen LogP contribution in [-0.2, 0) is 0 Å². The van der Waals surface area contributed by atoms with Gasteiger partial charge < -0.3 is 19.7 Å². The van der Waals surface area contributed by atoms with Crippen molar-refractivity contribution in [3.8, 4) is 89.8 Å². The minimum Gasteiger partial charge on any atom is -0.507 e. The van der Waals surface area contributed by atoms with Crippen molar-refractivity contribution < 1.29 is 19.7 Å². The Hall–Kier alpha value is -7.04. The number of ether oxygens (including phenoxy) is 2. The third-order valence-corrected chi connectivity index (χ3v) is 10.1. The number of phenolic OH excluding ortho intramolecular Hbond substituents is 2. The van der Waals surface area contributed by atoms with E-state index in [4.69, 9.17) is 9.47 Å². The minimum atomic E-state index is 0.203. The quantitative estimate of drug-likeness (QED) is 0.130. The normalized spacial score (nSPS) is 11.0. The van der Waals surface area contributed by atoms with E-state index >= 15 is 0 Å². The Balaban J connectivity index is 0.996. The Bertz CT molecular complexity index is 2410. The summed E-state index contributed by atoms with van der Waals surface area (Å²) >= 11 is 0. The van der Waals surface area contributed by atoms with Gasteiger partial charge in [0.05, 0.1) is 0 Å². The van der Waals surface area contributed by atoms with Gasteiger partial charge in [-0.1, -0.05) is 146 Å². The first kappa shape index (κ1) is 36.0. The van der Waals surface area contributed by atoms with Gasteiger partial charge in [0.2, 0.25) is 0 Å². The highest BCUT2D eigenvalue weighted by molar-refractivity contribution is 5.87. The monoisotopic (exact) mass is 730 g/mol. The second kappa shape index (κ2) is 16.1. The molecule has 8 aromatic rings. The van der Waals surface area contributed by atoms with E-state index in [0.29, 0.717) is 22.6 Å². The molecule has 0 unspecified atom stereocenters. The van der Waals surface area contributed by atoms with Crippen molar-refractivity contribution in [1.82, 2.24) is 0 Å². The molecule has 0 aliphatic rings. The summed E-state index contributed by atoms with van der Waals surface area (Å²) < 4.78 is 12.7. The molecule has 274 valence electrons. The van der Waals surface area contributed by atoms with E-state index in [1.54, 1.807) is 0 Å². The van der Waals surface area contributed by atoms with Crippen LogP contribution in [0.1, 0.15) is 11.1 Å². The number of benzene rings is 8. The largest absolute Gasteiger partial charge is 0.507 e. The Labute approximate surface area is 328 Å². The summed E-state index contributed by atoms with van der Waals surface area (Å²) in [6.07, 6.45) is 0. The predicted molar refractivity (Wildman–Crippen MR) is 229 cm³/mol. The number of rotatable bonds is 11. The van der Waals surface area contributed by atoms with Crippen molar-refractivity contribution in [2.24, 2.45) is 0 Å². The van der Waals surface area contributed by atoms with Crippen molar-refractivity contribution in [1.29, 1.82) is 0 Å². The fourth-order valence-corrected chi connectivity index (χ4v) is 7.29. The number of aryl methyl sites for hydroxylation is 2. The lowest BCUT2D eigenvalue weighted by atomic mass is 9.93. The Morgan fingerprint density at radius 3 is 1.02 bits per heavy atom. The van der Waals surface area contributed by atoms with Gasteiger partial charge in [-0.25, -0.2) is 0 Å². The van der Waals surface area contributed by atoms with Crippen LogP contribution in [0, 0.1) is 13.8 Å². The van der Waals surface area contributed by atoms with E-state index in [-0.39, 0.29) is 24.7 Å². The topological polar surface area (TPSA) is 58.9 Å². The van der Waals surface area contributed by atoms with E-state index in [1.807, 2.05) is 123 Å². The lowest BCUT2D eigenvalue weighted by Gasteiger charge is -2.17. The molecule has 8 aromatic carbocycles. The van der Waals surface area contributed by atoms with Crippen molar-refractivity contribution in [3.63, 3.8) is 0 Å². The van der Waals surface area contributed by atoms with E-state index in [1.165, 1.54) is 0 Å². The van der Waals surface area contributed by atoms with E-state index in [2.05, 4.69) is 72.8 Å². The summed E-state index contributed by atoms with van der Waals surface area (Å²) in [6.45, 7) is 4.61. The maximum absolute atomic E-state index is 11.7. The van der Waals surface area contributed by atoms with Crippen LogP contribution in [0.25, 0.3) is 66.8 Å². The molecule has 0 fully saturated rings. The number of aromatic hydroxyl groups is 2. The molecule has 0 radical (unpaired) electrons. The smallest absolute Gasteiger partial charge is 0.131 e. The number of hydrogen-bond acceptors (Lipinski definition) is 4. The highest BCUT2D eigenvalue weighted by atomic mass is 16.5. The SMILES string of the molecule is Cc1cc(-c2ccc(-c3ccccc3)cc2)c(O)c(-c2ccccc2OCCOc2ccccc2-c2cc(C)cc(-c3ccc(-c4ccccc4)cc3)c2O)c1. The average Bonchev–Trinajstić information content (AvgIpc) is 3.25. The third kappa shape index (κ3) is 7.64. The van der Waals surface area contributed by atoms with Crippen LogP contribution in [-0.4, -0.2) is 23.4 Å². The van der Waals surface area contributed by atoms with Crippen LogP contribution in [0.4, 0.5) is 0 Å². The molecule has 4 nitrogen and oxygen atoms in total. The highest BCUT2D eigenvalue weighted by Crippen LogP contribution is 2.44. The van der Waals surface area contributed by atoms with E-state index < -0.39 is 0 Å². The van der Waals surface area contributed by atoms with Gasteiger partial charge in [0.1, 0.15) is 36.2 Å². The zero-order chi connectivity index (χ0) is 38.4. The van der Waals surface area contributed by atoms with Gasteiger partial charge in [0.15, 0.2) is 0 Å². The molecule has 0 aromatic heterocycles. The zero-order valence-corrected chi connectivity index (χ0v) is 31.4. The van der Waals surface area contributed by atoms with Crippen LogP contribution >= 0.6 is 0 Å². The molecule has 0 saturated heterocycles. The summed E-state index contributed by atoms with van der Waals surface area (Å²) in [7, 11) is 0. The molecule has 0 aliphatic carbocycles. The van der Waals surface area contributed by atoms with Crippen LogP contribution in [0.2, 0.25) is 0 Å². The van der Waals surface area contributed by atoms with E-state index in [9.17, 15) is 10.2 Å². The zero-order valence-electron chi connectivity index (χ0n) is 31.4. The molecule has 0 spiro atoms. The Morgan fingerprint density at radius 2 is 0.625 bits per heavy atom. The second-order valence-electron chi connectivity index (χ2n) is 14.0. The molecule has 0 aliphatic heterocycles. The fraction of sp³-hybridized carbons (Fsp3) is 0.0769. The predicted octanol–water partition coefficient (Wildman–Crippen LogP) is 13.2. The van der Waals surface area contributed by atoms with Crippen LogP contribution in [0.15, 0.2) is 182 Å². The third-order valence-electron chi connectivity index (χ3n) is 10.1. The first-order valence-corrected chi connectivity index (χ1v) is 18.9. The Kier molecular flexibility index (Phi) is 10.4. The number of phenols is 2. The van der Waals surface area contributed by atoms with Crippen molar-refractivity contribution in [3.05, 3.63) is 193 Å². The number of para-hydroxylation sites is 2. The lowest BCUT2D eigenvalue weighted by Crippen LogP contribution is -2.10. The molecular weight excluding hydrogens is 689 g/mol. The average molecular weight is 731 g/mol. The maximum Gasteiger partial charge on any atom is 0.131 e. The van der Waals surface area contributed by atoms with Crippen LogP contribution < -0.4 is 9.47 Å². The first-order chi connectivity index (χ1) is 27.4. The highest BCUT2D eigenvalue weighted by Gasteiger charge is 2.18. The van der Waals surface area contributed by atoms with E-state index in [0.717, 1.165) is 66.8 Å². The lowest BCUT2D eigenvalue weighted by molar-refractivity contribution is 0.218. The molecule has 0 saturated carbocycles. The van der Waals surface area contributed by atoms with Gasteiger partial charge in [0.25, 0.3) is 0 Å². The minimum absolute atomic E-state index is 0.203. The summed E-state index contributed by atoms with van der Waals surface area (Å²) in [5.74, 6) is 1.70.